The monoisotopic (exact) mass is 694 g/mol. The smallest absolute Gasteiger partial charge is 0.337 e. The third-order valence-corrected chi connectivity index (χ3v) is 10.6. The Morgan fingerprint density at radius 3 is 2.40 bits per heavy atom. The third-order valence-electron chi connectivity index (χ3n) is 10.3. The highest BCUT2D eigenvalue weighted by Gasteiger charge is 2.37. The Hall–Kier alpha value is -4.21. The molecule has 1 atom stereocenters. The van der Waals surface area contributed by atoms with Gasteiger partial charge in [0.2, 0.25) is 5.95 Å². The van der Waals surface area contributed by atoms with Crippen LogP contribution in [0.2, 0.25) is 5.15 Å². The summed E-state index contributed by atoms with van der Waals surface area (Å²) in [6.45, 7) is 19.4. The minimum Gasteiger partial charge on any atom is -0.479 e. The van der Waals surface area contributed by atoms with Gasteiger partial charge in [-0.2, -0.15) is 4.98 Å². The molecule has 262 valence electrons. The number of pyridine rings is 1. The van der Waals surface area contributed by atoms with E-state index < -0.39 is 17.7 Å². The Balaban J connectivity index is 1.28. The summed E-state index contributed by atoms with van der Waals surface area (Å²) in [4.78, 5) is 35.6. The van der Waals surface area contributed by atoms with Gasteiger partial charge in [-0.15, -0.1) is 0 Å². The number of halogens is 1. The first-order valence-corrected chi connectivity index (χ1v) is 18.0. The van der Waals surface area contributed by atoms with Crippen molar-refractivity contribution in [3.05, 3.63) is 75.2 Å². The van der Waals surface area contributed by atoms with Gasteiger partial charge < -0.3 is 24.6 Å². The van der Waals surface area contributed by atoms with Gasteiger partial charge >= 0.3 is 5.97 Å². The molecular weight excluding hydrogens is 648 g/mol. The number of piperidine rings is 1. The average Bonchev–Trinajstić information content (AvgIpc) is 3.40. The number of carboxylic acid groups (broad SMARTS) is 1. The summed E-state index contributed by atoms with van der Waals surface area (Å²) in [5, 5.41) is 12.9. The van der Waals surface area contributed by atoms with Gasteiger partial charge in [-0.3, -0.25) is 4.98 Å². The van der Waals surface area contributed by atoms with Crippen LogP contribution in [0.25, 0.3) is 33.1 Å². The highest BCUT2D eigenvalue weighted by atomic mass is 35.5. The molecule has 10 heteroatoms. The third kappa shape index (κ3) is 6.42. The number of aromatic amines is 1. The molecule has 5 heterocycles. The van der Waals surface area contributed by atoms with Gasteiger partial charge in [-0.25, -0.2) is 9.78 Å². The number of H-pyrrole nitrogens is 1. The lowest BCUT2D eigenvalue weighted by atomic mass is 9.81. The number of carboxylic acids is 1. The van der Waals surface area contributed by atoms with Gasteiger partial charge in [0, 0.05) is 59.6 Å². The average molecular weight is 695 g/mol. The van der Waals surface area contributed by atoms with Crippen LogP contribution in [0, 0.1) is 26.2 Å². The molecule has 1 saturated heterocycles. The molecule has 2 aliphatic rings. The lowest BCUT2D eigenvalue weighted by Gasteiger charge is -2.41. The molecule has 3 aromatic heterocycles. The van der Waals surface area contributed by atoms with E-state index in [1.807, 2.05) is 34.6 Å². The molecule has 7 rings (SSSR count). The zero-order valence-corrected chi connectivity index (χ0v) is 31.1. The summed E-state index contributed by atoms with van der Waals surface area (Å²) in [6.07, 6.45) is 1.68. The van der Waals surface area contributed by atoms with Gasteiger partial charge in [-0.05, 0) is 94.5 Å². The van der Waals surface area contributed by atoms with Crippen molar-refractivity contribution >= 4 is 51.1 Å². The number of fused-ring (bicyclic) bond motifs is 4. The molecule has 0 spiro atoms. The predicted octanol–water partition coefficient (Wildman–Crippen LogP) is 8.88. The fourth-order valence-corrected chi connectivity index (χ4v) is 7.90. The van der Waals surface area contributed by atoms with Gasteiger partial charge in [0.05, 0.1) is 16.7 Å². The van der Waals surface area contributed by atoms with E-state index in [1.165, 1.54) is 16.7 Å². The molecule has 1 fully saturated rings. The van der Waals surface area contributed by atoms with E-state index in [0.717, 1.165) is 83.3 Å². The van der Waals surface area contributed by atoms with Gasteiger partial charge in [0.25, 0.3) is 0 Å². The summed E-state index contributed by atoms with van der Waals surface area (Å²) in [6, 6.07) is 12.9. The molecular formula is C40H47ClN6O3. The molecule has 0 aliphatic carbocycles. The summed E-state index contributed by atoms with van der Waals surface area (Å²) in [5.74, 6) is -0.399. The van der Waals surface area contributed by atoms with Crippen molar-refractivity contribution in [2.45, 2.75) is 92.9 Å². The van der Waals surface area contributed by atoms with Crippen molar-refractivity contribution in [2.24, 2.45) is 5.41 Å². The Labute approximate surface area is 299 Å². The number of aromatic nitrogens is 4. The van der Waals surface area contributed by atoms with Crippen molar-refractivity contribution in [1.82, 2.24) is 19.9 Å². The largest absolute Gasteiger partial charge is 0.479 e. The van der Waals surface area contributed by atoms with Crippen molar-refractivity contribution < 1.29 is 14.6 Å². The van der Waals surface area contributed by atoms with E-state index in [1.54, 1.807) is 0 Å². The molecule has 0 bridgehead atoms. The number of hydrogen-bond donors (Lipinski definition) is 2. The Bertz CT molecular complexity index is 2140. The van der Waals surface area contributed by atoms with Crippen LogP contribution in [0.5, 0.6) is 0 Å². The maximum absolute atomic E-state index is 12.9. The van der Waals surface area contributed by atoms with Crippen molar-refractivity contribution in [3.8, 4) is 11.1 Å². The topological polar surface area (TPSA) is 107 Å². The number of carbonyl (C=O) groups is 1. The Morgan fingerprint density at radius 1 is 0.960 bits per heavy atom. The number of hydrogen-bond acceptors (Lipinski definition) is 7. The first-order chi connectivity index (χ1) is 23.6. The highest BCUT2D eigenvalue weighted by Crippen LogP contribution is 2.45. The number of anilines is 2. The molecule has 0 radical (unpaired) electrons. The number of rotatable bonds is 6. The lowest BCUT2D eigenvalue weighted by Crippen LogP contribution is -2.39. The van der Waals surface area contributed by atoms with Crippen LogP contribution in [-0.4, -0.2) is 56.2 Å². The quantitative estimate of drug-likeness (QED) is 0.170. The second kappa shape index (κ2) is 12.5. The normalized spacial score (nSPS) is 17.0. The fourth-order valence-electron chi connectivity index (χ4n) is 7.63. The van der Waals surface area contributed by atoms with Crippen molar-refractivity contribution in [3.63, 3.8) is 0 Å². The molecule has 0 unspecified atom stereocenters. The molecule has 2 aliphatic heterocycles. The summed E-state index contributed by atoms with van der Waals surface area (Å²) < 4.78 is 6.28. The first kappa shape index (κ1) is 34.2. The predicted molar refractivity (Wildman–Crippen MR) is 201 cm³/mol. The summed E-state index contributed by atoms with van der Waals surface area (Å²) in [5.41, 5.74) is 10.1. The maximum Gasteiger partial charge on any atom is 0.337 e. The standard InChI is InChI=1S/C40H47ClN6O3/c1-22-9-12-28-29(19-22)43-36-32(28)35(41)44-38(45-36)47-16-13-25-20-26(10-11-27(25)21-47)30-23(2)42-24(3)31(34(37(48)49)50-39(4,5)6)33(30)46-17-14-40(7,8)15-18-46/h9-12,19-20,34H,13-18,21H2,1-8H3,(H,48,49)(H,43,44,45)/t34-/m0/s1. The minimum atomic E-state index is -1.15. The molecule has 2 N–H and O–H groups in total. The number of aryl methyl sites for hydroxylation is 3. The van der Waals surface area contributed by atoms with E-state index in [0.29, 0.717) is 28.9 Å². The van der Waals surface area contributed by atoms with E-state index in [4.69, 9.17) is 31.3 Å². The van der Waals surface area contributed by atoms with Crippen LogP contribution in [0.15, 0.2) is 36.4 Å². The molecule has 9 nitrogen and oxygen atoms in total. The van der Waals surface area contributed by atoms with E-state index in [-0.39, 0.29) is 5.41 Å². The number of ether oxygens (including phenoxy) is 1. The minimum absolute atomic E-state index is 0.228. The van der Waals surface area contributed by atoms with Gasteiger partial charge in [0.15, 0.2) is 6.10 Å². The Morgan fingerprint density at radius 2 is 1.70 bits per heavy atom. The maximum atomic E-state index is 12.9. The molecule has 5 aromatic rings. The Kier molecular flexibility index (Phi) is 8.58. The highest BCUT2D eigenvalue weighted by molar-refractivity contribution is 6.36. The van der Waals surface area contributed by atoms with Gasteiger partial charge in [-0.1, -0.05) is 55.8 Å². The second-order valence-electron chi connectivity index (χ2n) is 15.9. The molecule has 0 saturated carbocycles. The van der Waals surface area contributed by atoms with Crippen LogP contribution in [-0.2, 0) is 22.5 Å². The zero-order chi connectivity index (χ0) is 35.7. The molecule has 2 aromatic carbocycles. The lowest BCUT2D eigenvalue weighted by molar-refractivity contribution is -0.160. The van der Waals surface area contributed by atoms with Crippen LogP contribution >= 0.6 is 11.6 Å². The number of nitrogens with one attached hydrogen (secondary N) is 1. The van der Waals surface area contributed by atoms with Crippen molar-refractivity contribution in [1.29, 1.82) is 0 Å². The van der Waals surface area contributed by atoms with Gasteiger partial charge in [0.1, 0.15) is 10.8 Å². The van der Waals surface area contributed by atoms with Crippen molar-refractivity contribution in [2.75, 3.05) is 29.4 Å². The zero-order valence-electron chi connectivity index (χ0n) is 30.4. The molecule has 50 heavy (non-hydrogen) atoms. The molecule has 0 amide bonds. The number of aliphatic carboxylic acids is 1. The summed E-state index contributed by atoms with van der Waals surface area (Å²) in [7, 11) is 0. The fraction of sp³-hybridized carbons (Fsp3) is 0.450. The van der Waals surface area contributed by atoms with E-state index in [9.17, 15) is 9.90 Å². The van der Waals surface area contributed by atoms with E-state index in [2.05, 4.69) is 72.0 Å². The van der Waals surface area contributed by atoms with E-state index >= 15 is 0 Å². The van der Waals surface area contributed by atoms with Crippen LogP contribution in [0.1, 0.15) is 87.2 Å². The summed E-state index contributed by atoms with van der Waals surface area (Å²) >= 11 is 6.79. The van der Waals surface area contributed by atoms with Crippen LogP contribution in [0.4, 0.5) is 11.6 Å². The number of nitrogens with zero attached hydrogens (tertiary/aromatic N) is 5. The van der Waals surface area contributed by atoms with Crippen LogP contribution in [0.3, 0.4) is 0 Å². The van der Waals surface area contributed by atoms with Crippen LogP contribution < -0.4 is 9.80 Å². The second-order valence-corrected chi connectivity index (χ2v) is 16.2. The number of benzene rings is 2. The first-order valence-electron chi connectivity index (χ1n) is 17.6. The SMILES string of the molecule is Cc1ccc2c(c1)[nH]c1nc(N3CCc4cc(-c5c(C)nc(C)c([C@H](OC(C)(C)C)C(=O)O)c5N5CCC(C)(C)CC5)ccc4C3)nc(Cl)c12.